The molecule has 3 unspecified atom stereocenters. The van der Waals surface area contributed by atoms with Crippen LogP contribution in [-0.4, -0.2) is 35.0 Å². The molecule has 2 aliphatic heterocycles. The van der Waals surface area contributed by atoms with Crippen LogP contribution in [0.25, 0.3) is 0 Å². The molecule has 1 aromatic carbocycles. The maximum atomic E-state index is 11.2. The molecule has 2 fully saturated rings. The van der Waals surface area contributed by atoms with Crippen LogP contribution < -0.4 is 5.32 Å². The molecule has 5 nitrogen and oxygen atoms in total. The number of fused-ring (bicyclic) bond motifs is 1. The van der Waals surface area contributed by atoms with Gasteiger partial charge in [-0.2, -0.15) is 0 Å². The Morgan fingerprint density at radius 3 is 2.90 bits per heavy atom. The molecule has 0 aromatic heterocycles. The molecule has 1 N–H and O–H groups in total. The summed E-state index contributed by atoms with van der Waals surface area (Å²) in [5.41, 5.74) is 1.01. The molecule has 21 heavy (non-hydrogen) atoms. The van der Waals surface area contributed by atoms with Gasteiger partial charge < -0.3 is 5.32 Å². The first kappa shape index (κ1) is 14.5. The van der Waals surface area contributed by atoms with Crippen molar-refractivity contribution in [1.82, 2.24) is 10.2 Å². The summed E-state index contributed by atoms with van der Waals surface area (Å²) in [6, 6.07) is 8.15. The van der Waals surface area contributed by atoms with E-state index in [4.69, 9.17) is 0 Å². The third-order valence-corrected chi connectivity index (χ3v) is 4.92. The first-order valence-electron chi connectivity index (χ1n) is 7.90. The number of para-hydroxylation sites is 1. The van der Waals surface area contributed by atoms with Gasteiger partial charge in [0.1, 0.15) is 0 Å². The van der Waals surface area contributed by atoms with Crippen LogP contribution in [0.2, 0.25) is 0 Å². The fraction of sp³-hybridized carbons (Fsp3) is 0.625. The molecular weight excluding hydrogens is 266 g/mol. The third kappa shape index (κ3) is 2.94. The standard InChI is InChI=1S/C16H23N3O2/c1-12(13-6-2-3-7-15(13)19(20)21)17-14-9-11-18-10-5-4-8-16(14)18/h2-3,6-7,12,14,16-17H,4-5,8-11H2,1H3. The van der Waals surface area contributed by atoms with Crippen LogP contribution in [0.1, 0.15) is 44.2 Å². The number of hydrogen-bond acceptors (Lipinski definition) is 4. The highest BCUT2D eigenvalue weighted by molar-refractivity contribution is 5.41. The molecule has 0 amide bonds. The Morgan fingerprint density at radius 1 is 1.29 bits per heavy atom. The molecule has 114 valence electrons. The number of hydrogen-bond donors (Lipinski definition) is 1. The summed E-state index contributed by atoms with van der Waals surface area (Å²) in [5.74, 6) is 0. The van der Waals surface area contributed by atoms with Crippen molar-refractivity contribution in [3.8, 4) is 0 Å². The minimum Gasteiger partial charge on any atom is -0.306 e. The lowest BCUT2D eigenvalue weighted by atomic mass is 9.97. The highest BCUT2D eigenvalue weighted by atomic mass is 16.6. The van der Waals surface area contributed by atoms with Crippen LogP contribution in [-0.2, 0) is 0 Å². The van der Waals surface area contributed by atoms with Crippen molar-refractivity contribution in [1.29, 1.82) is 0 Å². The lowest BCUT2D eigenvalue weighted by Crippen LogP contribution is -2.45. The van der Waals surface area contributed by atoms with E-state index in [1.54, 1.807) is 12.1 Å². The van der Waals surface area contributed by atoms with Crippen LogP contribution >= 0.6 is 0 Å². The van der Waals surface area contributed by atoms with Crippen molar-refractivity contribution in [3.63, 3.8) is 0 Å². The predicted octanol–water partition coefficient (Wildman–Crippen LogP) is 2.87. The molecule has 3 atom stereocenters. The molecule has 0 saturated carbocycles. The summed E-state index contributed by atoms with van der Waals surface area (Å²) in [6.45, 7) is 4.41. The van der Waals surface area contributed by atoms with E-state index in [1.165, 1.54) is 25.8 Å². The molecule has 0 bridgehead atoms. The van der Waals surface area contributed by atoms with Crippen LogP contribution in [0.3, 0.4) is 0 Å². The number of nitrogens with one attached hydrogen (secondary N) is 1. The monoisotopic (exact) mass is 289 g/mol. The summed E-state index contributed by atoms with van der Waals surface area (Å²) >= 11 is 0. The highest BCUT2D eigenvalue weighted by Gasteiger charge is 2.36. The predicted molar refractivity (Wildman–Crippen MR) is 82.3 cm³/mol. The van der Waals surface area contributed by atoms with Crippen LogP contribution in [0.5, 0.6) is 0 Å². The summed E-state index contributed by atoms with van der Waals surface area (Å²) in [5, 5.41) is 14.8. The Hall–Kier alpha value is -1.46. The molecule has 5 heteroatoms. The van der Waals surface area contributed by atoms with Gasteiger partial charge in [-0.25, -0.2) is 0 Å². The maximum Gasteiger partial charge on any atom is 0.274 e. The molecule has 0 spiro atoms. The van der Waals surface area contributed by atoms with Crippen molar-refractivity contribution < 1.29 is 4.92 Å². The highest BCUT2D eigenvalue weighted by Crippen LogP contribution is 2.30. The number of nitrogens with zero attached hydrogens (tertiary/aromatic N) is 2. The van der Waals surface area contributed by atoms with Gasteiger partial charge >= 0.3 is 0 Å². The first-order chi connectivity index (χ1) is 10.2. The van der Waals surface area contributed by atoms with Crippen molar-refractivity contribution >= 4 is 5.69 Å². The molecule has 2 heterocycles. The van der Waals surface area contributed by atoms with Gasteiger partial charge in [0.05, 0.1) is 4.92 Å². The Kier molecular flexibility index (Phi) is 4.22. The average molecular weight is 289 g/mol. The topological polar surface area (TPSA) is 58.4 Å². The second-order valence-corrected chi connectivity index (χ2v) is 6.20. The van der Waals surface area contributed by atoms with E-state index in [0.29, 0.717) is 12.1 Å². The van der Waals surface area contributed by atoms with Gasteiger partial charge in [-0.1, -0.05) is 24.6 Å². The second kappa shape index (κ2) is 6.12. The molecule has 0 aliphatic carbocycles. The summed E-state index contributed by atoms with van der Waals surface area (Å²) < 4.78 is 0. The molecule has 0 radical (unpaired) electrons. The Labute approximate surface area is 125 Å². The third-order valence-electron chi connectivity index (χ3n) is 4.92. The van der Waals surface area contributed by atoms with Gasteiger partial charge in [0.25, 0.3) is 5.69 Å². The van der Waals surface area contributed by atoms with Gasteiger partial charge in [0.2, 0.25) is 0 Å². The number of benzene rings is 1. The van der Waals surface area contributed by atoms with Crippen molar-refractivity contribution in [2.45, 2.75) is 50.7 Å². The van der Waals surface area contributed by atoms with E-state index in [-0.39, 0.29) is 16.7 Å². The smallest absolute Gasteiger partial charge is 0.274 e. The maximum absolute atomic E-state index is 11.2. The zero-order valence-corrected chi connectivity index (χ0v) is 12.5. The molecule has 2 saturated heterocycles. The van der Waals surface area contributed by atoms with Gasteiger partial charge in [-0.15, -0.1) is 0 Å². The van der Waals surface area contributed by atoms with Gasteiger partial charge in [0.15, 0.2) is 0 Å². The Balaban J connectivity index is 1.72. The average Bonchev–Trinajstić information content (AvgIpc) is 2.90. The minimum atomic E-state index is -0.283. The quantitative estimate of drug-likeness (QED) is 0.684. The lowest BCUT2D eigenvalue weighted by Gasteiger charge is -2.33. The fourth-order valence-corrected chi connectivity index (χ4v) is 3.87. The van der Waals surface area contributed by atoms with Crippen LogP contribution in [0.15, 0.2) is 24.3 Å². The largest absolute Gasteiger partial charge is 0.306 e. The number of nitro benzene ring substituents is 1. The lowest BCUT2D eigenvalue weighted by molar-refractivity contribution is -0.385. The summed E-state index contributed by atoms with van der Waals surface area (Å²) in [6.07, 6.45) is 5.01. The summed E-state index contributed by atoms with van der Waals surface area (Å²) in [7, 11) is 0. The fourth-order valence-electron chi connectivity index (χ4n) is 3.87. The van der Waals surface area contributed by atoms with E-state index in [9.17, 15) is 10.1 Å². The van der Waals surface area contributed by atoms with Crippen LogP contribution in [0, 0.1) is 10.1 Å². The van der Waals surface area contributed by atoms with E-state index < -0.39 is 0 Å². The zero-order chi connectivity index (χ0) is 14.8. The van der Waals surface area contributed by atoms with Crippen LogP contribution in [0.4, 0.5) is 5.69 Å². The van der Waals surface area contributed by atoms with Crippen molar-refractivity contribution in [3.05, 3.63) is 39.9 Å². The van der Waals surface area contributed by atoms with Crippen molar-refractivity contribution in [2.75, 3.05) is 13.1 Å². The second-order valence-electron chi connectivity index (χ2n) is 6.20. The SMILES string of the molecule is CC(NC1CCN2CCCCC12)c1ccccc1[N+](=O)[O-]. The van der Waals surface area contributed by atoms with E-state index in [0.717, 1.165) is 18.5 Å². The molecular formula is C16H23N3O2. The zero-order valence-electron chi connectivity index (χ0n) is 12.5. The summed E-state index contributed by atoms with van der Waals surface area (Å²) in [4.78, 5) is 13.5. The normalized spacial score (nSPS) is 27.3. The van der Waals surface area contributed by atoms with E-state index >= 15 is 0 Å². The Bertz CT molecular complexity index is 520. The molecule has 1 aromatic rings. The molecule has 3 rings (SSSR count). The minimum absolute atomic E-state index is 0.0125. The molecule has 2 aliphatic rings. The van der Waals surface area contributed by atoms with Gasteiger partial charge in [0, 0.05) is 36.3 Å². The first-order valence-corrected chi connectivity index (χ1v) is 7.90. The van der Waals surface area contributed by atoms with E-state index in [1.807, 2.05) is 19.1 Å². The van der Waals surface area contributed by atoms with Gasteiger partial charge in [-0.05, 0) is 32.7 Å². The number of nitro groups is 1. The number of rotatable bonds is 4. The number of piperidine rings is 1. The van der Waals surface area contributed by atoms with E-state index in [2.05, 4.69) is 10.2 Å². The Morgan fingerprint density at radius 2 is 2.10 bits per heavy atom. The van der Waals surface area contributed by atoms with Gasteiger partial charge in [-0.3, -0.25) is 15.0 Å². The van der Waals surface area contributed by atoms with Crippen molar-refractivity contribution in [2.24, 2.45) is 0 Å².